The van der Waals surface area contributed by atoms with Crippen molar-refractivity contribution in [3.63, 3.8) is 0 Å². The van der Waals surface area contributed by atoms with Crippen LogP contribution in [0.25, 0.3) is 27.8 Å². The van der Waals surface area contributed by atoms with Crippen molar-refractivity contribution < 1.29 is 22.3 Å². The summed E-state index contributed by atoms with van der Waals surface area (Å²) in [5.41, 5.74) is -0.341. The Bertz CT molecular complexity index is 1470. The average molecular weight is 469 g/mol. The molecule has 166 valence electrons. The molecule has 33 heavy (non-hydrogen) atoms. The summed E-state index contributed by atoms with van der Waals surface area (Å²) in [7, 11) is 1.57. The minimum Gasteiger partial charge on any atom is -0.497 e. The fourth-order valence-corrected chi connectivity index (χ4v) is 3.89. The van der Waals surface area contributed by atoms with Crippen molar-refractivity contribution in [1.29, 1.82) is 5.26 Å². The van der Waals surface area contributed by atoms with E-state index in [-0.39, 0.29) is 16.5 Å². The largest absolute Gasteiger partial charge is 0.497 e. The van der Waals surface area contributed by atoms with E-state index in [1.807, 2.05) is 24.3 Å². The Kier molecular flexibility index (Phi) is 5.89. The monoisotopic (exact) mass is 469 g/mol. The number of nitrogens with one attached hydrogen (secondary N) is 1. The van der Waals surface area contributed by atoms with Crippen LogP contribution < -0.4 is 15.7 Å². The first kappa shape index (κ1) is 22.1. The van der Waals surface area contributed by atoms with Gasteiger partial charge in [-0.15, -0.1) is 11.3 Å². The molecule has 2 heterocycles. The maximum absolute atomic E-state index is 13.2. The summed E-state index contributed by atoms with van der Waals surface area (Å²) in [6.45, 7) is 0. The highest BCUT2D eigenvalue weighted by Gasteiger charge is 2.33. The van der Waals surface area contributed by atoms with Gasteiger partial charge in [-0.05, 0) is 24.3 Å². The standard InChI is InChI=1S/C23H14F3N3O3S/c1-31-16-4-2-3-13(7-16)19-12-33-22(29-19)14(10-27)11-28-15-5-6-17-18(23(24,25)26)9-21(30)32-20(17)8-15/h2-9,11-12,28H,1H3. The molecule has 4 aromatic rings. The first-order valence-corrected chi connectivity index (χ1v) is 10.3. The SMILES string of the molecule is COc1cccc(-c2csc(C(C#N)=CNc3ccc4c(C(F)(F)F)cc(=O)oc4c3)n2)c1. The summed E-state index contributed by atoms with van der Waals surface area (Å²) in [6, 6.07) is 13.7. The molecule has 0 fully saturated rings. The lowest BCUT2D eigenvalue weighted by Crippen LogP contribution is -2.11. The third-order valence-corrected chi connectivity index (χ3v) is 5.53. The maximum Gasteiger partial charge on any atom is 0.417 e. The zero-order valence-corrected chi connectivity index (χ0v) is 17.8. The van der Waals surface area contributed by atoms with E-state index in [4.69, 9.17) is 9.15 Å². The predicted molar refractivity (Wildman–Crippen MR) is 119 cm³/mol. The average Bonchev–Trinajstić information content (AvgIpc) is 3.28. The molecule has 0 radical (unpaired) electrons. The molecule has 10 heteroatoms. The van der Waals surface area contributed by atoms with Crippen LogP contribution in [0.5, 0.6) is 5.75 Å². The van der Waals surface area contributed by atoms with Crippen LogP contribution in [0.15, 0.2) is 69.3 Å². The number of aromatic nitrogens is 1. The second-order valence-electron chi connectivity index (χ2n) is 6.77. The maximum atomic E-state index is 13.2. The van der Waals surface area contributed by atoms with Crippen LogP contribution in [0.4, 0.5) is 18.9 Å². The molecular formula is C23H14F3N3O3S. The number of nitrogens with zero attached hydrogens (tertiary/aromatic N) is 2. The van der Waals surface area contributed by atoms with E-state index in [1.165, 1.54) is 35.7 Å². The van der Waals surface area contributed by atoms with Gasteiger partial charge in [-0.1, -0.05) is 12.1 Å². The molecule has 0 atom stereocenters. The van der Waals surface area contributed by atoms with E-state index in [2.05, 4.69) is 16.4 Å². The molecule has 0 saturated carbocycles. The van der Waals surface area contributed by atoms with E-state index in [0.29, 0.717) is 28.2 Å². The Hall–Kier alpha value is -4.10. The number of hydrogen-bond donors (Lipinski definition) is 1. The van der Waals surface area contributed by atoms with Gasteiger partial charge in [-0.25, -0.2) is 9.78 Å². The molecule has 2 aromatic heterocycles. The number of methoxy groups -OCH3 is 1. The van der Waals surface area contributed by atoms with Crippen molar-refractivity contribution in [3.8, 4) is 23.1 Å². The minimum absolute atomic E-state index is 0.221. The number of fused-ring (bicyclic) bond motifs is 1. The van der Waals surface area contributed by atoms with Gasteiger partial charge in [0.15, 0.2) is 0 Å². The van der Waals surface area contributed by atoms with Crippen molar-refractivity contribution in [3.05, 3.63) is 81.1 Å². The van der Waals surface area contributed by atoms with Crippen molar-refractivity contribution >= 4 is 33.6 Å². The van der Waals surface area contributed by atoms with Crippen LogP contribution in [0.1, 0.15) is 10.6 Å². The zero-order chi connectivity index (χ0) is 23.6. The number of hydrogen-bond acceptors (Lipinski definition) is 7. The fourth-order valence-electron chi connectivity index (χ4n) is 3.10. The smallest absolute Gasteiger partial charge is 0.417 e. The third-order valence-electron chi connectivity index (χ3n) is 4.65. The number of nitriles is 1. The van der Waals surface area contributed by atoms with Gasteiger partial charge in [0.1, 0.15) is 28.0 Å². The number of benzene rings is 2. The van der Waals surface area contributed by atoms with Crippen LogP contribution in [0.2, 0.25) is 0 Å². The molecular weight excluding hydrogens is 455 g/mol. The van der Waals surface area contributed by atoms with Crippen molar-refractivity contribution in [2.24, 2.45) is 0 Å². The molecule has 0 aliphatic carbocycles. The lowest BCUT2D eigenvalue weighted by atomic mass is 10.1. The van der Waals surface area contributed by atoms with Gasteiger partial charge in [0.2, 0.25) is 0 Å². The van der Waals surface area contributed by atoms with Gasteiger partial charge in [0.25, 0.3) is 0 Å². The lowest BCUT2D eigenvalue weighted by Gasteiger charge is -2.10. The highest BCUT2D eigenvalue weighted by Crippen LogP contribution is 2.34. The molecule has 0 saturated heterocycles. The molecule has 2 aromatic carbocycles. The number of thiazole rings is 1. The van der Waals surface area contributed by atoms with Gasteiger partial charge in [-0.2, -0.15) is 18.4 Å². The first-order valence-electron chi connectivity index (χ1n) is 9.41. The lowest BCUT2D eigenvalue weighted by molar-refractivity contribution is -0.136. The molecule has 0 aliphatic rings. The highest BCUT2D eigenvalue weighted by molar-refractivity contribution is 7.11. The third kappa shape index (κ3) is 4.73. The van der Waals surface area contributed by atoms with Crippen LogP contribution in [0, 0.1) is 11.3 Å². The number of allylic oxidation sites excluding steroid dienone is 1. The number of ether oxygens (including phenoxy) is 1. The molecule has 1 N–H and O–H groups in total. The molecule has 6 nitrogen and oxygen atoms in total. The van der Waals surface area contributed by atoms with E-state index in [0.717, 1.165) is 5.56 Å². The second kappa shape index (κ2) is 8.80. The van der Waals surface area contributed by atoms with Gasteiger partial charge >= 0.3 is 11.8 Å². The number of anilines is 1. The summed E-state index contributed by atoms with van der Waals surface area (Å²) >= 11 is 1.27. The summed E-state index contributed by atoms with van der Waals surface area (Å²) in [5.74, 6) is 0.677. The van der Waals surface area contributed by atoms with E-state index < -0.39 is 17.4 Å². The van der Waals surface area contributed by atoms with Crippen LogP contribution in [-0.2, 0) is 6.18 Å². The summed E-state index contributed by atoms with van der Waals surface area (Å²) in [5, 5.41) is 14.4. The Morgan fingerprint density at radius 2 is 2.06 bits per heavy atom. The van der Waals surface area contributed by atoms with Crippen LogP contribution >= 0.6 is 11.3 Å². The Balaban J connectivity index is 1.62. The quantitative estimate of drug-likeness (QED) is 0.288. The van der Waals surface area contributed by atoms with E-state index >= 15 is 0 Å². The van der Waals surface area contributed by atoms with Crippen molar-refractivity contribution in [2.45, 2.75) is 6.18 Å². The summed E-state index contributed by atoms with van der Waals surface area (Å²) < 4.78 is 49.7. The Morgan fingerprint density at radius 3 is 2.79 bits per heavy atom. The highest BCUT2D eigenvalue weighted by atomic mass is 32.1. The first-order chi connectivity index (χ1) is 15.8. The predicted octanol–water partition coefficient (Wildman–Crippen LogP) is 5.92. The van der Waals surface area contributed by atoms with Gasteiger partial charge in [0.05, 0.1) is 18.4 Å². The van der Waals surface area contributed by atoms with Gasteiger partial charge in [0, 0.05) is 40.3 Å². The molecule has 0 aliphatic heterocycles. The van der Waals surface area contributed by atoms with Crippen molar-refractivity contribution in [2.75, 3.05) is 12.4 Å². The number of halogens is 3. The molecule has 4 rings (SSSR count). The molecule has 0 amide bonds. The zero-order valence-electron chi connectivity index (χ0n) is 16.9. The van der Waals surface area contributed by atoms with Crippen LogP contribution in [-0.4, -0.2) is 12.1 Å². The topological polar surface area (TPSA) is 88.1 Å². The number of rotatable bonds is 5. The normalized spacial score (nSPS) is 11.9. The van der Waals surface area contributed by atoms with E-state index in [1.54, 1.807) is 12.5 Å². The second-order valence-corrected chi connectivity index (χ2v) is 7.63. The van der Waals surface area contributed by atoms with E-state index in [9.17, 15) is 23.2 Å². The Labute approximate surface area is 189 Å². The molecule has 0 unspecified atom stereocenters. The number of alkyl halides is 3. The fraction of sp³-hybridized carbons (Fsp3) is 0.0870. The minimum atomic E-state index is -4.69. The van der Waals surface area contributed by atoms with Gasteiger partial charge in [-0.3, -0.25) is 0 Å². The summed E-state index contributed by atoms with van der Waals surface area (Å²) in [4.78, 5) is 16.0. The Morgan fingerprint density at radius 1 is 1.24 bits per heavy atom. The molecule has 0 spiro atoms. The van der Waals surface area contributed by atoms with Crippen molar-refractivity contribution in [1.82, 2.24) is 4.98 Å². The van der Waals surface area contributed by atoms with Gasteiger partial charge < -0.3 is 14.5 Å². The summed E-state index contributed by atoms with van der Waals surface area (Å²) in [6.07, 6.45) is -3.30. The molecule has 0 bridgehead atoms. The van der Waals surface area contributed by atoms with Crippen LogP contribution in [0.3, 0.4) is 0 Å².